The lowest BCUT2D eigenvalue weighted by molar-refractivity contribution is -0.123. The first-order chi connectivity index (χ1) is 11.1. The fraction of sp³-hybridized carbons (Fsp3) is 0.556. The monoisotopic (exact) mass is 317 g/mol. The molecule has 2 rings (SSSR count). The molecule has 1 atom stereocenters. The smallest absolute Gasteiger partial charge is 0.251 e. The Morgan fingerprint density at radius 3 is 2.48 bits per heavy atom. The lowest BCUT2D eigenvalue weighted by Crippen LogP contribution is -2.51. The quantitative estimate of drug-likeness (QED) is 0.841. The van der Waals surface area contributed by atoms with Crippen LogP contribution in [0.1, 0.15) is 43.5 Å². The van der Waals surface area contributed by atoms with E-state index in [0.717, 1.165) is 32.5 Å². The Morgan fingerprint density at radius 2 is 1.87 bits per heavy atom. The zero-order valence-electron chi connectivity index (χ0n) is 14.0. The number of nitrogens with one attached hydrogen (secondary N) is 2. The van der Waals surface area contributed by atoms with Gasteiger partial charge in [0.05, 0.1) is 0 Å². The highest BCUT2D eigenvalue weighted by atomic mass is 16.2. The van der Waals surface area contributed by atoms with Gasteiger partial charge in [0.2, 0.25) is 5.91 Å². The van der Waals surface area contributed by atoms with Crippen LogP contribution >= 0.6 is 0 Å². The minimum atomic E-state index is -0.531. The van der Waals surface area contributed by atoms with E-state index in [2.05, 4.69) is 22.5 Å². The number of benzene rings is 1. The first kappa shape index (κ1) is 17.5. The molecular weight excluding hydrogens is 290 g/mol. The van der Waals surface area contributed by atoms with Gasteiger partial charge >= 0.3 is 0 Å². The van der Waals surface area contributed by atoms with Crippen molar-refractivity contribution in [3.8, 4) is 0 Å². The van der Waals surface area contributed by atoms with Crippen molar-refractivity contribution in [1.29, 1.82) is 0 Å². The number of nitrogens with zero attached hydrogens (tertiary/aromatic N) is 1. The predicted octanol–water partition coefficient (Wildman–Crippen LogP) is 1.80. The molecule has 1 fully saturated rings. The van der Waals surface area contributed by atoms with Crippen LogP contribution in [-0.2, 0) is 4.79 Å². The molecule has 5 heteroatoms. The van der Waals surface area contributed by atoms with E-state index in [9.17, 15) is 9.59 Å². The Kier molecular flexibility index (Phi) is 6.59. The second-order valence-electron chi connectivity index (χ2n) is 6.19. The van der Waals surface area contributed by atoms with Gasteiger partial charge in [0.15, 0.2) is 0 Å². The highest BCUT2D eigenvalue weighted by molar-refractivity contribution is 5.97. The SMILES string of the molecule is CCCN1CCC(NC(=O)C(C)NC(=O)c2ccccc2)CC1. The Labute approximate surface area is 138 Å². The predicted molar refractivity (Wildman–Crippen MR) is 91.3 cm³/mol. The normalized spacial score (nSPS) is 17.5. The van der Waals surface area contributed by atoms with E-state index in [1.807, 2.05) is 18.2 Å². The summed E-state index contributed by atoms with van der Waals surface area (Å²) in [5.74, 6) is -0.325. The molecule has 1 aromatic carbocycles. The summed E-state index contributed by atoms with van der Waals surface area (Å²) in [7, 11) is 0. The maximum absolute atomic E-state index is 12.2. The summed E-state index contributed by atoms with van der Waals surface area (Å²) in [4.78, 5) is 26.7. The first-order valence-corrected chi connectivity index (χ1v) is 8.48. The molecule has 1 aromatic rings. The van der Waals surface area contributed by atoms with E-state index in [1.54, 1.807) is 19.1 Å². The third-order valence-corrected chi connectivity index (χ3v) is 4.25. The van der Waals surface area contributed by atoms with E-state index >= 15 is 0 Å². The number of likely N-dealkylation sites (tertiary alicyclic amines) is 1. The number of hydrogen-bond acceptors (Lipinski definition) is 3. The lowest BCUT2D eigenvalue weighted by atomic mass is 10.0. The molecule has 2 amide bonds. The number of hydrogen-bond donors (Lipinski definition) is 2. The van der Waals surface area contributed by atoms with Crippen LogP contribution in [0.15, 0.2) is 30.3 Å². The summed E-state index contributed by atoms with van der Waals surface area (Å²) in [5, 5.41) is 5.81. The van der Waals surface area contributed by atoms with Crippen LogP contribution in [0.3, 0.4) is 0 Å². The molecule has 1 heterocycles. The molecular formula is C18H27N3O2. The molecule has 0 aliphatic carbocycles. The van der Waals surface area contributed by atoms with Gasteiger partial charge in [-0.1, -0.05) is 25.1 Å². The Balaban J connectivity index is 1.76. The van der Waals surface area contributed by atoms with Crippen LogP contribution in [0.25, 0.3) is 0 Å². The second-order valence-corrected chi connectivity index (χ2v) is 6.19. The van der Waals surface area contributed by atoms with Crippen molar-refractivity contribution >= 4 is 11.8 Å². The minimum absolute atomic E-state index is 0.108. The molecule has 0 saturated carbocycles. The third kappa shape index (κ3) is 5.36. The van der Waals surface area contributed by atoms with Crippen LogP contribution in [0.2, 0.25) is 0 Å². The van der Waals surface area contributed by atoms with Gasteiger partial charge in [0.1, 0.15) is 6.04 Å². The Bertz CT molecular complexity index is 510. The average molecular weight is 317 g/mol. The molecule has 1 aliphatic heterocycles. The molecule has 5 nitrogen and oxygen atoms in total. The second kappa shape index (κ2) is 8.67. The summed E-state index contributed by atoms with van der Waals surface area (Å²) in [6.07, 6.45) is 3.12. The summed E-state index contributed by atoms with van der Waals surface area (Å²) in [6, 6.07) is 8.64. The van der Waals surface area contributed by atoms with Gasteiger partial charge in [-0.15, -0.1) is 0 Å². The Hall–Kier alpha value is -1.88. The van der Waals surface area contributed by atoms with Crippen molar-refractivity contribution < 1.29 is 9.59 Å². The molecule has 2 N–H and O–H groups in total. The standard InChI is InChI=1S/C18H27N3O2/c1-3-11-21-12-9-16(10-13-21)20-17(22)14(2)19-18(23)15-7-5-4-6-8-15/h4-8,14,16H,3,9-13H2,1-2H3,(H,19,23)(H,20,22). The molecule has 0 radical (unpaired) electrons. The fourth-order valence-electron chi connectivity index (χ4n) is 2.88. The topological polar surface area (TPSA) is 61.4 Å². The number of amides is 2. The molecule has 1 aliphatic rings. The van der Waals surface area contributed by atoms with E-state index in [-0.39, 0.29) is 17.9 Å². The summed E-state index contributed by atoms with van der Waals surface area (Å²) < 4.78 is 0. The van der Waals surface area contributed by atoms with Gasteiger partial charge in [-0.25, -0.2) is 0 Å². The van der Waals surface area contributed by atoms with Gasteiger partial charge in [-0.2, -0.15) is 0 Å². The molecule has 126 valence electrons. The molecule has 0 spiro atoms. The van der Waals surface area contributed by atoms with Gasteiger partial charge in [-0.05, 0) is 44.9 Å². The third-order valence-electron chi connectivity index (χ3n) is 4.25. The van der Waals surface area contributed by atoms with Gasteiger partial charge in [0, 0.05) is 24.7 Å². The number of piperidine rings is 1. The summed E-state index contributed by atoms with van der Waals surface area (Å²) in [5.41, 5.74) is 0.569. The molecule has 23 heavy (non-hydrogen) atoms. The number of rotatable bonds is 6. The van der Waals surface area contributed by atoms with Crippen LogP contribution < -0.4 is 10.6 Å². The van der Waals surface area contributed by atoms with Gasteiger partial charge in [0.25, 0.3) is 5.91 Å². The molecule has 1 unspecified atom stereocenters. The Morgan fingerprint density at radius 1 is 1.22 bits per heavy atom. The van der Waals surface area contributed by atoms with E-state index < -0.39 is 6.04 Å². The van der Waals surface area contributed by atoms with Crippen LogP contribution in [0.4, 0.5) is 0 Å². The number of carbonyl (C=O) groups excluding carboxylic acids is 2. The van der Waals surface area contributed by atoms with Crippen molar-refractivity contribution in [3.05, 3.63) is 35.9 Å². The lowest BCUT2D eigenvalue weighted by Gasteiger charge is -2.32. The van der Waals surface area contributed by atoms with E-state index in [0.29, 0.717) is 5.56 Å². The highest BCUT2D eigenvalue weighted by Crippen LogP contribution is 2.10. The highest BCUT2D eigenvalue weighted by Gasteiger charge is 2.23. The van der Waals surface area contributed by atoms with Crippen LogP contribution in [0.5, 0.6) is 0 Å². The summed E-state index contributed by atoms with van der Waals surface area (Å²) >= 11 is 0. The van der Waals surface area contributed by atoms with E-state index in [1.165, 1.54) is 6.42 Å². The molecule has 0 bridgehead atoms. The van der Waals surface area contributed by atoms with Crippen LogP contribution in [0, 0.1) is 0 Å². The van der Waals surface area contributed by atoms with E-state index in [4.69, 9.17) is 0 Å². The molecule has 1 saturated heterocycles. The van der Waals surface area contributed by atoms with Gasteiger partial charge in [-0.3, -0.25) is 9.59 Å². The fourth-order valence-corrected chi connectivity index (χ4v) is 2.88. The zero-order chi connectivity index (χ0) is 16.7. The number of carbonyl (C=O) groups is 2. The zero-order valence-corrected chi connectivity index (χ0v) is 14.0. The first-order valence-electron chi connectivity index (χ1n) is 8.48. The molecule has 0 aromatic heterocycles. The van der Waals surface area contributed by atoms with Gasteiger partial charge < -0.3 is 15.5 Å². The van der Waals surface area contributed by atoms with Crippen molar-refractivity contribution in [2.45, 2.75) is 45.2 Å². The van der Waals surface area contributed by atoms with Crippen molar-refractivity contribution in [2.24, 2.45) is 0 Å². The average Bonchev–Trinajstić information content (AvgIpc) is 2.57. The van der Waals surface area contributed by atoms with Crippen LogP contribution in [-0.4, -0.2) is 48.4 Å². The largest absolute Gasteiger partial charge is 0.351 e. The van der Waals surface area contributed by atoms with Crippen molar-refractivity contribution in [3.63, 3.8) is 0 Å². The van der Waals surface area contributed by atoms with Crippen molar-refractivity contribution in [1.82, 2.24) is 15.5 Å². The minimum Gasteiger partial charge on any atom is -0.351 e. The van der Waals surface area contributed by atoms with Crippen molar-refractivity contribution in [2.75, 3.05) is 19.6 Å². The maximum Gasteiger partial charge on any atom is 0.251 e. The maximum atomic E-state index is 12.2. The summed E-state index contributed by atoms with van der Waals surface area (Å²) in [6.45, 7) is 7.10.